The molecule has 1 saturated carbocycles. The van der Waals surface area contributed by atoms with E-state index in [9.17, 15) is 8.78 Å². The summed E-state index contributed by atoms with van der Waals surface area (Å²) >= 11 is 0. The molecule has 0 spiro atoms. The van der Waals surface area contributed by atoms with Gasteiger partial charge < -0.3 is 5.32 Å². The van der Waals surface area contributed by atoms with Gasteiger partial charge in [-0.05, 0) is 42.4 Å². The molecule has 1 fully saturated rings. The zero-order chi connectivity index (χ0) is 13.8. The molecular weight excluding hydrogens is 244 g/mol. The Bertz CT molecular complexity index is 391. The molecule has 19 heavy (non-hydrogen) atoms. The summed E-state index contributed by atoms with van der Waals surface area (Å²) in [6.45, 7) is 5.11. The van der Waals surface area contributed by atoms with Gasteiger partial charge in [0.15, 0.2) is 0 Å². The molecule has 1 aliphatic rings. The summed E-state index contributed by atoms with van der Waals surface area (Å²) in [7, 11) is 0. The number of nitrogens with one attached hydrogen (secondary N) is 1. The number of rotatable bonds is 7. The van der Waals surface area contributed by atoms with Crippen LogP contribution >= 0.6 is 0 Å². The molecule has 1 N–H and O–H groups in total. The lowest BCUT2D eigenvalue weighted by molar-refractivity contribution is 0.376. The van der Waals surface area contributed by atoms with E-state index < -0.39 is 11.6 Å². The van der Waals surface area contributed by atoms with E-state index in [1.165, 1.54) is 25.0 Å². The minimum atomic E-state index is -0.475. The van der Waals surface area contributed by atoms with Gasteiger partial charge in [0.25, 0.3) is 0 Å². The Hall–Kier alpha value is -0.960. The minimum absolute atomic E-state index is 0.195. The summed E-state index contributed by atoms with van der Waals surface area (Å²) in [5.74, 6) is -0.289. The molecule has 0 amide bonds. The van der Waals surface area contributed by atoms with Crippen molar-refractivity contribution in [3.8, 4) is 0 Å². The van der Waals surface area contributed by atoms with Gasteiger partial charge in [0.05, 0.1) is 0 Å². The van der Waals surface area contributed by atoms with Gasteiger partial charge in [0, 0.05) is 18.7 Å². The molecule has 1 aromatic rings. The third kappa shape index (κ3) is 4.00. The number of hydrogen-bond acceptors (Lipinski definition) is 1. The molecule has 1 aliphatic carbocycles. The molecule has 0 bridgehead atoms. The van der Waals surface area contributed by atoms with Crippen LogP contribution < -0.4 is 5.32 Å². The zero-order valence-corrected chi connectivity index (χ0v) is 11.8. The van der Waals surface area contributed by atoms with Crippen LogP contribution in [0.2, 0.25) is 0 Å². The molecule has 0 heterocycles. The van der Waals surface area contributed by atoms with Crippen LogP contribution in [0.1, 0.15) is 51.0 Å². The van der Waals surface area contributed by atoms with Crippen LogP contribution in [-0.2, 0) is 0 Å². The van der Waals surface area contributed by atoms with Gasteiger partial charge >= 0.3 is 0 Å². The van der Waals surface area contributed by atoms with Crippen molar-refractivity contribution >= 4 is 0 Å². The highest BCUT2D eigenvalue weighted by Crippen LogP contribution is 2.31. The second-order valence-electron chi connectivity index (χ2n) is 5.57. The third-order valence-electron chi connectivity index (χ3n) is 4.13. The molecule has 1 aromatic carbocycles. The maximum absolute atomic E-state index is 13.4. The highest BCUT2D eigenvalue weighted by molar-refractivity contribution is 5.23. The van der Waals surface area contributed by atoms with Gasteiger partial charge in [-0.3, -0.25) is 0 Å². The molecule has 1 nitrogen and oxygen atoms in total. The highest BCUT2D eigenvalue weighted by Gasteiger charge is 2.26. The van der Waals surface area contributed by atoms with Gasteiger partial charge in [0.1, 0.15) is 11.6 Å². The molecule has 106 valence electrons. The van der Waals surface area contributed by atoms with Crippen molar-refractivity contribution < 1.29 is 8.78 Å². The molecule has 0 saturated heterocycles. The molecule has 0 aliphatic heterocycles. The molecule has 2 rings (SSSR count). The third-order valence-corrected chi connectivity index (χ3v) is 4.13. The maximum atomic E-state index is 13.4. The fourth-order valence-corrected chi connectivity index (χ4v) is 2.78. The number of halogens is 2. The second-order valence-corrected chi connectivity index (χ2v) is 5.57. The van der Waals surface area contributed by atoms with Crippen molar-refractivity contribution in [3.05, 3.63) is 35.4 Å². The second kappa shape index (κ2) is 6.47. The van der Waals surface area contributed by atoms with E-state index >= 15 is 0 Å². The molecule has 0 aromatic heterocycles. The average Bonchev–Trinajstić information content (AvgIpc) is 3.17. The van der Waals surface area contributed by atoms with Gasteiger partial charge in [-0.1, -0.05) is 26.7 Å². The summed E-state index contributed by atoms with van der Waals surface area (Å²) in [6.07, 6.45) is 4.53. The summed E-state index contributed by atoms with van der Waals surface area (Å²) in [5, 5.41) is 3.50. The predicted molar refractivity (Wildman–Crippen MR) is 74.2 cm³/mol. The molecule has 0 radical (unpaired) electrons. The van der Waals surface area contributed by atoms with Crippen LogP contribution in [0.25, 0.3) is 0 Å². The van der Waals surface area contributed by atoms with E-state index in [0.29, 0.717) is 12.0 Å². The van der Waals surface area contributed by atoms with Crippen LogP contribution in [0, 0.1) is 17.6 Å². The summed E-state index contributed by atoms with van der Waals surface area (Å²) in [5.41, 5.74) is 0.791. The summed E-state index contributed by atoms with van der Waals surface area (Å²) in [4.78, 5) is 0. The smallest absolute Gasteiger partial charge is 0.126 e. The lowest BCUT2D eigenvalue weighted by Gasteiger charge is -2.26. The van der Waals surface area contributed by atoms with Crippen molar-refractivity contribution in [1.82, 2.24) is 5.32 Å². The van der Waals surface area contributed by atoms with Crippen LogP contribution in [0.5, 0.6) is 0 Å². The number of benzene rings is 1. The Morgan fingerprint density at radius 3 is 2.16 bits per heavy atom. The zero-order valence-electron chi connectivity index (χ0n) is 11.8. The molecular formula is C16H23F2N. The molecule has 3 heteroatoms. The van der Waals surface area contributed by atoms with Crippen molar-refractivity contribution in [3.63, 3.8) is 0 Å². The lowest BCUT2D eigenvalue weighted by atomic mass is 9.82. The first-order valence-electron chi connectivity index (χ1n) is 7.33. The van der Waals surface area contributed by atoms with Crippen molar-refractivity contribution in [2.24, 2.45) is 5.92 Å². The van der Waals surface area contributed by atoms with E-state index in [0.717, 1.165) is 31.0 Å². The van der Waals surface area contributed by atoms with Gasteiger partial charge in [-0.2, -0.15) is 0 Å². The molecule has 1 atom stereocenters. The van der Waals surface area contributed by atoms with Crippen LogP contribution in [0.15, 0.2) is 18.2 Å². The predicted octanol–water partition coefficient (Wildman–Crippen LogP) is 4.24. The normalized spacial score (nSPS) is 16.9. The van der Waals surface area contributed by atoms with Gasteiger partial charge in [-0.15, -0.1) is 0 Å². The lowest BCUT2D eigenvalue weighted by Crippen LogP contribution is -2.28. The van der Waals surface area contributed by atoms with Crippen molar-refractivity contribution in [2.45, 2.75) is 51.5 Å². The molecule has 1 unspecified atom stereocenters. The van der Waals surface area contributed by atoms with Crippen LogP contribution in [-0.4, -0.2) is 12.6 Å². The Morgan fingerprint density at radius 2 is 1.68 bits per heavy atom. The quantitative estimate of drug-likeness (QED) is 0.779. The Morgan fingerprint density at radius 1 is 1.11 bits per heavy atom. The Labute approximate surface area is 114 Å². The monoisotopic (exact) mass is 267 g/mol. The highest BCUT2D eigenvalue weighted by atomic mass is 19.1. The Balaban J connectivity index is 2.17. The van der Waals surface area contributed by atoms with Gasteiger partial charge in [-0.25, -0.2) is 8.78 Å². The first-order chi connectivity index (χ1) is 9.13. The van der Waals surface area contributed by atoms with E-state index in [4.69, 9.17) is 0 Å². The number of hydrogen-bond donors (Lipinski definition) is 1. The fourth-order valence-electron chi connectivity index (χ4n) is 2.78. The van der Waals surface area contributed by atoms with Crippen molar-refractivity contribution in [1.29, 1.82) is 0 Å². The SMILES string of the molecule is CCC(CC)C(CNC1CC1)c1cc(F)cc(F)c1. The van der Waals surface area contributed by atoms with E-state index in [1.54, 1.807) is 0 Å². The first-order valence-corrected chi connectivity index (χ1v) is 7.33. The van der Waals surface area contributed by atoms with E-state index in [1.807, 2.05) is 0 Å². The minimum Gasteiger partial charge on any atom is -0.313 e. The van der Waals surface area contributed by atoms with Crippen LogP contribution in [0.3, 0.4) is 0 Å². The first kappa shape index (κ1) is 14.4. The fraction of sp³-hybridized carbons (Fsp3) is 0.625. The van der Waals surface area contributed by atoms with Crippen molar-refractivity contribution in [2.75, 3.05) is 6.54 Å². The largest absolute Gasteiger partial charge is 0.313 e. The summed E-state index contributed by atoms with van der Waals surface area (Å²) in [6, 6.07) is 4.54. The topological polar surface area (TPSA) is 12.0 Å². The standard InChI is InChI=1S/C16H23F2N/c1-3-11(4-2)16(10-19-15-5-6-15)12-7-13(17)9-14(18)8-12/h7-9,11,15-16,19H,3-6,10H2,1-2H3. The van der Waals surface area contributed by atoms with Gasteiger partial charge in [0.2, 0.25) is 0 Å². The average molecular weight is 267 g/mol. The maximum Gasteiger partial charge on any atom is 0.126 e. The Kier molecular flexibility index (Phi) is 4.92. The van der Waals surface area contributed by atoms with Crippen LogP contribution in [0.4, 0.5) is 8.78 Å². The van der Waals surface area contributed by atoms with E-state index in [-0.39, 0.29) is 5.92 Å². The summed E-state index contributed by atoms with van der Waals surface area (Å²) < 4.78 is 26.8. The van der Waals surface area contributed by atoms with E-state index in [2.05, 4.69) is 19.2 Å².